The summed E-state index contributed by atoms with van der Waals surface area (Å²) in [5, 5.41) is 9.49. The first-order chi connectivity index (χ1) is 14.3. The molecule has 1 N–H and O–H groups in total. The molecule has 0 bridgehead atoms. The van der Waals surface area contributed by atoms with Crippen molar-refractivity contribution in [1.82, 2.24) is 4.90 Å². The first-order valence-electron chi connectivity index (χ1n) is 9.91. The summed E-state index contributed by atoms with van der Waals surface area (Å²) < 4.78 is 60.5. The maximum Gasteiger partial charge on any atom is 0.415 e. The number of fused-ring (bicyclic) bond motifs is 1. The average Bonchev–Trinajstić information content (AvgIpc) is 3.40. The molecule has 3 atom stereocenters. The first-order valence-corrected chi connectivity index (χ1v) is 14.4. The lowest BCUT2D eigenvalue weighted by Crippen LogP contribution is -2.45. The van der Waals surface area contributed by atoms with E-state index in [4.69, 9.17) is 4.74 Å². The van der Waals surface area contributed by atoms with Crippen molar-refractivity contribution in [3.05, 3.63) is 35.4 Å². The Balaban J connectivity index is 1.95. The second kappa shape index (κ2) is 8.40. The second-order valence-corrected chi connectivity index (χ2v) is 16.3. The minimum absolute atomic E-state index is 0.0126. The lowest BCUT2D eigenvalue weighted by molar-refractivity contribution is 0.0696. The monoisotopic (exact) mass is 478 g/mol. The van der Waals surface area contributed by atoms with Crippen molar-refractivity contribution in [1.29, 1.82) is 0 Å². The number of hydrogen-bond donors (Lipinski definition) is 1. The molecule has 1 aliphatic carbocycles. The Hall–Kier alpha value is -1.59. The first kappa shape index (κ1) is 24.1. The van der Waals surface area contributed by atoms with E-state index < -0.39 is 48.4 Å². The molecular formula is C20H26F4N2O3SSi. The Morgan fingerprint density at radius 1 is 1.39 bits per heavy atom. The zero-order valence-corrected chi connectivity index (χ0v) is 19.6. The van der Waals surface area contributed by atoms with Gasteiger partial charge in [-0.2, -0.15) is 0 Å². The van der Waals surface area contributed by atoms with Gasteiger partial charge in [0.05, 0.1) is 10.3 Å². The van der Waals surface area contributed by atoms with Crippen molar-refractivity contribution in [2.24, 2.45) is 10.9 Å². The summed E-state index contributed by atoms with van der Waals surface area (Å²) in [6.45, 7) is 7.83. The van der Waals surface area contributed by atoms with Gasteiger partial charge in [0.25, 0.3) is 6.43 Å². The molecule has 1 aromatic rings. The number of amidine groups is 1. The standard InChI is InChI=1S/C20H26F4N2O3SSi/c1-19(12-6-5-7-13(21)15(12)22)14-10-20(14,16(23)24)30-17(25-19)26(18(27)28)11-29-8-9-31(2,3)4/h5-7,14,16H,8-11H2,1-4H3,(H,27,28)/t14-,19+,20-/m0/s1. The van der Waals surface area contributed by atoms with E-state index in [1.165, 1.54) is 19.1 Å². The van der Waals surface area contributed by atoms with Gasteiger partial charge in [0.2, 0.25) is 0 Å². The largest absolute Gasteiger partial charge is 0.465 e. The van der Waals surface area contributed by atoms with Crippen LogP contribution in [-0.2, 0) is 10.3 Å². The van der Waals surface area contributed by atoms with Crippen LogP contribution in [0.1, 0.15) is 18.9 Å². The van der Waals surface area contributed by atoms with Crippen molar-refractivity contribution in [3.8, 4) is 0 Å². The molecule has 5 nitrogen and oxygen atoms in total. The Kier molecular flexibility index (Phi) is 6.52. The van der Waals surface area contributed by atoms with E-state index in [-0.39, 0.29) is 23.9 Å². The predicted octanol–water partition coefficient (Wildman–Crippen LogP) is 5.60. The molecule has 172 valence electrons. The van der Waals surface area contributed by atoms with Gasteiger partial charge in [0.1, 0.15) is 6.73 Å². The summed E-state index contributed by atoms with van der Waals surface area (Å²) in [5.41, 5.74) is -1.70. The Bertz CT molecular complexity index is 898. The van der Waals surface area contributed by atoms with Crippen LogP contribution < -0.4 is 0 Å². The summed E-state index contributed by atoms with van der Waals surface area (Å²) >= 11 is 0.681. The molecule has 1 aromatic carbocycles. The second-order valence-electron chi connectivity index (χ2n) is 9.32. The molecule has 1 fully saturated rings. The van der Waals surface area contributed by atoms with Crippen LogP contribution in [0.3, 0.4) is 0 Å². The highest BCUT2D eigenvalue weighted by atomic mass is 32.2. The molecule has 2 aliphatic rings. The zero-order chi connectivity index (χ0) is 23.2. The van der Waals surface area contributed by atoms with E-state index in [0.29, 0.717) is 18.4 Å². The van der Waals surface area contributed by atoms with Crippen molar-refractivity contribution >= 4 is 31.1 Å². The van der Waals surface area contributed by atoms with E-state index in [1.807, 2.05) is 0 Å². The molecular weight excluding hydrogens is 452 g/mol. The van der Waals surface area contributed by atoms with Gasteiger partial charge in [-0.1, -0.05) is 43.5 Å². The summed E-state index contributed by atoms with van der Waals surface area (Å²) in [6.07, 6.45) is -4.18. The van der Waals surface area contributed by atoms with Crippen LogP contribution >= 0.6 is 11.8 Å². The van der Waals surface area contributed by atoms with Crippen LogP contribution in [0, 0.1) is 17.6 Å². The number of carbonyl (C=O) groups is 1. The van der Waals surface area contributed by atoms with E-state index >= 15 is 0 Å². The fourth-order valence-corrected chi connectivity index (χ4v) is 6.07. The molecule has 3 rings (SSSR count). The molecule has 1 aliphatic heterocycles. The van der Waals surface area contributed by atoms with Crippen LogP contribution in [-0.4, -0.2) is 53.9 Å². The topological polar surface area (TPSA) is 62.1 Å². The van der Waals surface area contributed by atoms with Gasteiger partial charge in [-0.15, -0.1) is 0 Å². The molecule has 0 spiro atoms. The van der Waals surface area contributed by atoms with Crippen molar-refractivity contribution in [2.75, 3.05) is 13.3 Å². The Morgan fingerprint density at radius 3 is 2.65 bits per heavy atom. The number of halogens is 4. The summed E-state index contributed by atoms with van der Waals surface area (Å²) in [4.78, 5) is 17.1. The number of ether oxygens (including phenoxy) is 1. The highest BCUT2D eigenvalue weighted by Gasteiger charge is 2.71. The third-order valence-electron chi connectivity index (χ3n) is 5.79. The van der Waals surface area contributed by atoms with Crippen LogP contribution in [0.4, 0.5) is 22.4 Å². The lowest BCUT2D eigenvalue weighted by Gasteiger charge is -2.37. The summed E-state index contributed by atoms with van der Waals surface area (Å²) in [7, 11) is -1.41. The van der Waals surface area contributed by atoms with Crippen LogP contribution in [0.2, 0.25) is 25.7 Å². The number of alkyl halides is 2. The lowest BCUT2D eigenvalue weighted by atomic mass is 9.85. The summed E-state index contributed by atoms with van der Waals surface area (Å²) in [6, 6.07) is 4.33. The van der Waals surface area contributed by atoms with Gasteiger partial charge in [0.15, 0.2) is 16.8 Å². The van der Waals surface area contributed by atoms with Gasteiger partial charge in [-0.3, -0.25) is 4.99 Å². The van der Waals surface area contributed by atoms with Crippen LogP contribution in [0.25, 0.3) is 0 Å². The SMILES string of the molecule is C[C@]1(c2cccc(F)c2F)N=C(N(COCC[Si](C)(C)C)C(=O)O)S[C@@]2(C(F)F)C[C@@H]12. The number of aliphatic imine (C=N–C) groups is 1. The van der Waals surface area contributed by atoms with Gasteiger partial charge in [-0.25, -0.2) is 27.3 Å². The minimum atomic E-state index is -2.78. The average molecular weight is 479 g/mol. The van der Waals surface area contributed by atoms with E-state index in [0.717, 1.165) is 17.0 Å². The zero-order valence-electron chi connectivity index (χ0n) is 17.8. The normalized spacial score (nSPS) is 27.6. The van der Waals surface area contributed by atoms with E-state index in [9.17, 15) is 27.5 Å². The maximum atomic E-state index is 14.6. The predicted molar refractivity (Wildman–Crippen MR) is 114 cm³/mol. The third-order valence-corrected chi connectivity index (χ3v) is 8.99. The molecule has 0 unspecified atom stereocenters. The van der Waals surface area contributed by atoms with Crippen LogP contribution in [0.15, 0.2) is 23.2 Å². The molecule has 1 heterocycles. The van der Waals surface area contributed by atoms with E-state index in [2.05, 4.69) is 24.6 Å². The fraction of sp³-hybridized carbons (Fsp3) is 0.600. The smallest absolute Gasteiger partial charge is 0.415 e. The third kappa shape index (κ3) is 4.63. The molecule has 1 amide bonds. The quantitative estimate of drug-likeness (QED) is 0.240. The number of thioether (sulfide) groups is 1. The fourth-order valence-electron chi connectivity index (χ4n) is 3.79. The number of nitrogens with zero attached hydrogens (tertiary/aromatic N) is 2. The van der Waals surface area contributed by atoms with Crippen LogP contribution in [0.5, 0.6) is 0 Å². The van der Waals surface area contributed by atoms with Crippen molar-refractivity contribution < 1.29 is 32.2 Å². The molecule has 0 aromatic heterocycles. The molecule has 1 saturated carbocycles. The molecule has 11 heteroatoms. The van der Waals surface area contributed by atoms with Crippen molar-refractivity contribution in [3.63, 3.8) is 0 Å². The van der Waals surface area contributed by atoms with Crippen molar-refractivity contribution in [2.45, 2.75) is 55.7 Å². The number of carboxylic acid groups (broad SMARTS) is 1. The molecule has 0 radical (unpaired) electrons. The van der Waals surface area contributed by atoms with Gasteiger partial charge in [0, 0.05) is 26.2 Å². The minimum Gasteiger partial charge on any atom is -0.465 e. The highest BCUT2D eigenvalue weighted by Crippen LogP contribution is 2.68. The maximum absolute atomic E-state index is 14.6. The van der Waals surface area contributed by atoms with Gasteiger partial charge in [-0.05, 0) is 25.5 Å². The number of benzene rings is 1. The van der Waals surface area contributed by atoms with E-state index in [1.54, 1.807) is 0 Å². The van der Waals surface area contributed by atoms with Gasteiger partial charge >= 0.3 is 6.09 Å². The van der Waals surface area contributed by atoms with Gasteiger partial charge < -0.3 is 9.84 Å². The Labute approximate surface area is 183 Å². The molecule has 31 heavy (non-hydrogen) atoms. The highest BCUT2D eigenvalue weighted by molar-refractivity contribution is 8.15. The number of amides is 1. The summed E-state index contributed by atoms with van der Waals surface area (Å²) in [5.74, 6) is -3.03. The Morgan fingerprint density at radius 2 is 2.06 bits per heavy atom. The number of rotatable bonds is 7. The number of hydrogen-bond acceptors (Lipinski definition) is 4. The molecule has 0 saturated heterocycles.